The summed E-state index contributed by atoms with van der Waals surface area (Å²) >= 11 is 0. The van der Waals surface area contributed by atoms with E-state index in [0.29, 0.717) is 48.7 Å². The quantitative estimate of drug-likeness (QED) is 0.874. The summed E-state index contributed by atoms with van der Waals surface area (Å²) < 4.78 is 5.85. The molecule has 2 N–H and O–H groups in total. The van der Waals surface area contributed by atoms with Crippen molar-refractivity contribution in [2.45, 2.75) is 32.1 Å². The fourth-order valence-electron chi connectivity index (χ4n) is 4.35. The minimum atomic E-state index is -0.124. The van der Waals surface area contributed by atoms with Gasteiger partial charge in [0.1, 0.15) is 5.76 Å². The minimum absolute atomic E-state index is 0. The third kappa shape index (κ3) is 3.42. The molecule has 1 aliphatic carbocycles. The Kier molecular flexibility index (Phi) is 5.72. The lowest BCUT2D eigenvalue weighted by molar-refractivity contribution is 0.0751. The first-order valence-corrected chi connectivity index (χ1v) is 9.30. The molecule has 0 spiro atoms. The van der Waals surface area contributed by atoms with Crippen LogP contribution in [0.3, 0.4) is 0 Å². The number of nitrogens with two attached hydrogens (primary N) is 1. The van der Waals surface area contributed by atoms with Crippen LogP contribution in [0.15, 0.2) is 34.7 Å². The second kappa shape index (κ2) is 7.87. The summed E-state index contributed by atoms with van der Waals surface area (Å²) in [6, 6.07) is 10.2. The van der Waals surface area contributed by atoms with E-state index in [2.05, 4.69) is 12.1 Å². The number of amides is 1. The highest BCUT2D eigenvalue weighted by atomic mass is 35.5. The lowest BCUT2D eigenvalue weighted by atomic mass is 9.89. The molecule has 1 fully saturated rings. The topological polar surface area (TPSA) is 76.5 Å². The van der Waals surface area contributed by atoms with Crippen molar-refractivity contribution in [1.29, 1.82) is 0 Å². The third-order valence-corrected chi connectivity index (χ3v) is 5.76. The van der Waals surface area contributed by atoms with E-state index in [0.717, 1.165) is 12.8 Å². The first kappa shape index (κ1) is 19.6. The number of rotatable bonds is 3. The average Bonchev–Trinajstić information content (AvgIpc) is 3.24. The van der Waals surface area contributed by atoms with Crippen molar-refractivity contribution in [3.05, 3.63) is 58.5 Å². The highest BCUT2D eigenvalue weighted by Crippen LogP contribution is 2.35. The van der Waals surface area contributed by atoms with Crippen molar-refractivity contribution in [3.63, 3.8) is 0 Å². The van der Waals surface area contributed by atoms with Gasteiger partial charge < -0.3 is 15.1 Å². The molecule has 6 heteroatoms. The molecule has 0 unspecified atom stereocenters. The number of ketones is 1. The van der Waals surface area contributed by atoms with Crippen LogP contribution >= 0.6 is 12.4 Å². The van der Waals surface area contributed by atoms with Gasteiger partial charge in [0.05, 0.1) is 5.56 Å². The van der Waals surface area contributed by atoms with E-state index in [1.54, 1.807) is 0 Å². The summed E-state index contributed by atoms with van der Waals surface area (Å²) in [5, 5.41) is 0. The van der Waals surface area contributed by atoms with Gasteiger partial charge in [-0.05, 0) is 31.4 Å². The summed E-state index contributed by atoms with van der Waals surface area (Å²) in [6.45, 7) is 3.61. The number of halogens is 1. The number of nitrogens with zero attached hydrogens (tertiary/aromatic N) is 1. The second-order valence-corrected chi connectivity index (χ2v) is 7.35. The lowest BCUT2D eigenvalue weighted by Gasteiger charge is -2.16. The fourth-order valence-corrected chi connectivity index (χ4v) is 4.35. The fraction of sp³-hybridized carbons (Fsp3) is 0.429. The summed E-state index contributed by atoms with van der Waals surface area (Å²) in [5.41, 5.74) is 8.53. The molecule has 4 rings (SSSR count). The third-order valence-electron chi connectivity index (χ3n) is 5.76. The zero-order valence-electron chi connectivity index (χ0n) is 15.4. The van der Waals surface area contributed by atoms with E-state index < -0.39 is 0 Å². The number of hydrogen-bond donors (Lipinski definition) is 1. The average molecular weight is 389 g/mol. The molecule has 2 heterocycles. The Bertz CT molecular complexity index is 847. The van der Waals surface area contributed by atoms with Crippen molar-refractivity contribution in [2.75, 3.05) is 19.6 Å². The number of aryl methyl sites for hydroxylation is 1. The highest BCUT2D eigenvalue weighted by Gasteiger charge is 2.38. The molecule has 1 aromatic carbocycles. The molecule has 0 bridgehead atoms. The van der Waals surface area contributed by atoms with E-state index in [4.69, 9.17) is 10.2 Å². The van der Waals surface area contributed by atoms with Crippen LogP contribution in [0.2, 0.25) is 0 Å². The minimum Gasteiger partial charge on any atom is -0.455 e. The number of Topliss-reactive ketones (excluding diaryl/α,β-unsaturated/α-hetero) is 1. The number of carbonyl (C=O) groups excluding carboxylic acids is 2. The Balaban J connectivity index is 0.00000210. The lowest BCUT2D eigenvalue weighted by Crippen LogP contribution is -2.30. The van der Waals surface area contributed by atoms with Crippen LogP contribution in [-0.4, -0.2) is 36.2 Å². The maximum absolute atomic E-state index is 13.1. The molecular formula is C21H25ClN2O3. The van der Waals surface area contributed by atoms with E-state index in [9.17, 15) is 9.59 Å². The van der Waals surface area contributed by atoms with E-state index in [1.165, 1.54) is 5.56 Å². The Morgan fingerprint density at radius 2 is 1.96 bits per heavy atom. The standard InChI is InChI=1S/C21H24N2O3.ClH/c1-13-19-17(24)8-5-9-18(19)26-20(13)21(25)23-11-15(10-22)16(12-23)14-6-3-2-4-7-14;/h2-4,6-7,15-16H,5,8-12,22H2,1H3;1H/t15-,16+;/m1./s1. The van der Waals surface area contributed by atoms with Crippen LogP contribution in [0.5, 0.6) is 0 Å². The maximum atomic E-state index is 13.1. The van der Waals surface area contributed by atoms with Gasteiger partial charge in [0.25, 0.3) is 5.91 Å². The molecule has 1 amide bonds. The molecule has 2 aliphatic rings. The molecule has 0 radical (unpaired) electrons. The molecule has 2 atom stereocenters. The van der Waals surface area contributed by atoms with Crippen molar-refractivity contribution < 1.29 is 14.0 Å². The molecule has 2 aromatic rings. The Hall–Kier alpha value is -2.11. The predicted molar refractivity (Wildman–Crippen MR) is 106 cm³/mol. The highest BCUT2D eigenvalue weighted by molar-refractivity contribution is 6.03. The normalized spacial score (nSPS) is 21.7. The first-order chi connectivity index (χ1) is 12.6. The van der Waals surface area contributed by atoms with Gasteiger partial charge in [-0.15, -0.1) is 12.4 Å². The van der Waals surface area contributed by atoms with Crippen molar-refractivity contribution in [3.8, 4) is 0 Å². The van der Waals surface area contributed by atoms with Crippen LogP contribution in [0.1, 0.15) is 56.6 Å². The van der Waals surface area contributed by atoms with Gasteiger partial charge in [0.2, 0.25) is 0 Å². The van der Waals surface area contributed by atoms with Crippen molar-refractivity contribution >= 4 is 24.1 Å². The van der Waals surface area contributed by atoms with Crippen LogP contribution in [0.25, 0.3) is 0 Å². The van der Waals surface area contributed by atoms with Gasteiger partial charge in [0, 0.05) is 37.4 Å². The zero-order valence-corrected chi connectivity index (χ0v) is 16.3. The second-order valence-electron chi connectivity index (χ2n) is 7.35. The monoisotopic (exact) mass is 388 g/mol. The van der Waals surface area contributed by atoms with Crippen molar-refractivity contribution in [1.82, 2.24) is 4.90 Å². The van der Waals surface area contributed by atoms with Crippen LogP contribution in [0, 0.1) is 12.8 Å². The largest absolute Gasteiger partial charge is 0.455 e. The summed E-state index contributed by atoms with van der Waals surface area (Å²) in [6.07, 6.45) is 2.06. The molecule has 0 saturated carbocycles. The number of benzene rings is 1. The number of furan rings is 1. The van der Waals surface area contributed by atoms with Gasteiger partial charge in [-0.2, -0.15) is 0 Å². The Labute approximate surface area is 165 Å². The number of carbonyl (C=O) groups is 2. The molecule has 144 valence electrons. The number of fused-ring (bicyclic) bond motifs is 1. The Morgan fingerprint density at radius 3 is 2.63 bits per heavy atom. The molecule has 27 heavy (non-hydrogen) atoms. The molecular weight excluding hydrogens is 364 g/mol. The summed E-state index contributed by atoms with van der Waals surface area (Å²) in [5.74, 6) is 1.44. The maximum Gasteiger partial charge on any atom is 0.289 e. The molecule has 5 nitrogen and oxygen atoms in total. The Morgan fingerprint density at radius 1 is 1.22 bits per heavy atom. The van der Waals surface area contributed by atoms with Gasteiger partial charge in [-0.25, -0.2) is 0 Å². The van der Waals surface area contributed by atoms with Gasteiger partial charge in [0.15, 0.2) is 11.5 Å². The van der Waals surface area contributed by atoms with E-state index in [-0.39, 0.29) is 35.9 Å². The van der Waals surface area contributed by atoms with E-state index in [1.807, 2.05) is 30.0 Å². The smallest absolute Gasteiger partial charge is 0.289 e. The first-order valence-electron chi connectivity index (χ1n) is 9.30. The van der Waals surface area contributed by atoms with Gasteiger partial charge >= 0.3 is 0 Å². The summed E-state index contributed by atoms with van der Waals surface area (Å²) in [4.78, 5) is 27.1. The van der Waals surface area contributed by atoms with Crippen LogP contribution in [-0.2, 0) is 6.42 Å². The summed E-state index contributed by atoms with van der Waals surface area (Å²) in [7, 11) is 0. The number of hydrogen-bond acceptors (Lipinski definition) is 4. The van der Waals surface area contributed by atoms with Crippen LogP contribution in [0.4, 0.5) is 0 Å². The van der Waals surface area contributed by atoms with Crippen molar-refractivity contribution in [2.24, 2.45) is 11.7 Å². The van der Waals surface area contributed by atoms with E-state index >= 15 is 0 Å². The van der Waals surface area contributed by atoms with Crippen LogP contribution < -0.4 is 5.73 Å². The predicted octanol–water partition coefficient (Wildman–Crippen LogP) is 3.34. The van der Waals surface area contributed by atoms with Gasteiger partial charge in [-0.3, -0.25) is 9.59 Å². The zero-order chi connectivity index (χ0) is 18.3. The van der Waals surface area contributed by atoms with Gasteiger partial charge in [-0.1, -0.05) is 30.3 Å². The SMILES string of the molecule is Cc1c(C(=O)N2C[C@@H](CN)[C@H](c3ccccc3)C2)oc2c1C(=O)CCC2.Cl. The number of likely N-dealkylation sites (tertiary alicyclic amines) is 1. The molecule has 1 saturated heterocycles. The molecule has 1 aromatic heterocycles. The molecule has 1 aliphatic heterocycles.